The molecule has 0 aromatic heterocycles. The van der Waals surface area contributed by atoms with Crippen molar-refractivity contribution in [2.24, 2.45) is 0 Å². The lowest BCUT2D eigenvalue weighted by Gasteiger charge is -2.26. The zero-order valence-electron chi connectivity index (χ0n) is 8.58. The molecule has 1 aromatic carbocycles. The van der Waals surface area contributed by atoms with Crippen LogP contribution in [-0.4, -0.2) is 24.1 Å². The fourth-order valence-electron chi connectivity index (χ4n) is 1.58. The fraction of sp³-hybridized carbons (Fsp3) is 0.364. The quantitative estimate of drug-likeness (QED) is 0.759. The van der Waals surface area contributed by atoms with Crippen molar-refractivity contribution in [3.8, 4) is 0 Å². The topological polar surface area (TPSA) is 29.5 Å². The number of benzene rings is 1. The number of halogens is 2. The van der Waals surface area contributed by atoms with Gasteiger partial charge in [-0.3, -0.25) is 9.63 Å². The van der Waals surface area contributed by atoms with Gasteiger partial charge in [0.2, 0.25) is 0 Å². The predicted molar refractivity (Wildman–Crippen MR) is 57.6 cm³/mol. The van der Waals surface area contributed by atoms with Crippen molar-refractivity contribution in [1.82, 2.24) is 5.06 Å². The van der Waals surface area contributed by atoms with Crippen molar-refractivity contribution in [2.75, 3.05) is 13.2 Å². The van der Waals surface area contributed by atoms with Crippen LogP contribution in [0.1, 0.15) is 23.2 Å². The molecule has 3 nitrogen and oxygen atoms in total. The minimum absolute atomic E-state index is 0.110. The summed E-state index contributed by atoms with van der Waals surface area (Å²) in [6.07, 6.45) is 1.77. The molecule has 0 radical (unpaired) electrons. The Morgan fingerprint density at radius 1 is 1.44 bits per heavy atom. The van der Waals surface area contributed by atoms with Crippen molar-refractivity contribution >= 4 is 17.5 Å². The van der Waals surface area contributed by atoms with Gasteiger partial charge in [-0.1, -0.05) is 17.7 Å². The summed E-state index contributed by atoms with van der Waals surface area (Å²) >= 11 is 5.80. The van der Waals surface area contributed by atoms with Crippen LogP contribution in [0, 0.1) is 5.82 Å². The largest absolute Gasteiger partial charge is 0.281 e. The fourth-order valence-corrected chi connectivity index (χ4v) is 1.83. The van der Waals surface area contributed by atoms with Gasteiger partial charge in [-0.2, -0.15) is 0 Å². The number of carbonyl (C=O) groups excluding carboxylic acids is 1. The maximum atomic E-state index is 13.5. The summed E-state index contributed by atoms with van der Waals surface area (Å²) in [7, 11) is 0. The molecule has 0 N–H and O–H groups in total. The van der Waals surface area contributed by atoms with Gasteiger partial charge in [-0.15, -0.1) is 0 Å². The summed E-state index contributed by atoms with van der Waals surface area (Å²) in [5.41, 5.74) is -0.119. The Bertz CT molecular complexity index is 385. The first kappa shape index (κ1) is 11.4. The zero-order valence-corrected chi connectivity index (χ0v) is 9.34. The molecule has 0 spiro atoms. The van der Waals surface area contributed by atoms with Gasteiger partial charge in [0.15, 0.2) is 0 Å². The molecular weight excluding hydrogens is 233 g/mol. The summed E-state index contributed by atoms with van der Waals surface area (Å²) in [5.74, 6) is -1.13. The number of hydrogen-bond acceptors (Lipinski definition) is 2. The van der Waals surface area contributed by atoms with E-state index in [9.17, 15) is 9.18 Å². The Morgan fingerprint density at radius 2 is 2.25 bits per heavy atom. The van der Waals surface area contributed by atoms with Crippen LogP contribution in [0.2, 0.25) is 5.02 Å². The first-order valence-electron chi connectivity index (χ1n) is 5.09. The second-order valence-corrected chi connectivity index (χ2v) is 3.95. The molecular formula is C11H11ClFNO2. The van der Waals surface area contributed by atoms with E-state index < -0.39 is 11.7 Å². The van der Waals surface area contributed by atoms with Crippen LogP contribution in [0.15, 0.2) is 18.2 Å². The van der Waals surface area contributed by atoms with Gasteiger partial charge < -0.3 is 0 Å². The number of rotatable bonds is 1. The molecule has 0 bridgehead atoms. The van der Waals surface area contributed by atoms with Crippen LogP contribution in [0.5, 0.6) is 0 Å². The van der Waals surface area contributed by atoms with Crippen molar-refractivity contribution in [3.63, 3.8) is 0 Å². The summed E-state index contributed by atoms with van der Waals surface area (Å²) in [6, 6.07) is 4.16. The maximum absolute atomic E-state index is 13.5. The highest BCUT2D eigenvalue weighted by Gasteiger charge is 2.24. The number of nitrogens with zero attached hydrogens (tertiary/aromatic N) is 1. The van der Waals surface area contributed by atoms with Crippen molar-refractivity contribution in [1.29, 1.82) is 0 Å². The molecule has 1 aromatic rings. The SMILES string of the molecule is O=C(c1c(F)cccc1Cl)N1CCCCO1. The van der Waals surface area contributed by atoms with Crippen LogP contribution in [0.25, 0.3) is 0 Å². The second kappa shape index (κ2) is 4.80. The molecule has 1 amide bonds. The lowest BCUT2D eigenvalue weighted by Crippen LogP contribution is -2.36. The van der Waals surface area contributed by atoms with Crippen LogP contribution < -0.4 is 0 Å². The molecule has 2 rings (SSSR count). The van der Waals surface area contributed by atoms with Gasteiger partial charge in [-0.05, 0) is 25.0 Å². The van der Waals surface area contributed by atoms with E-state index in [4.69, 9.17) is 16.4 Å². The van der Waals surface area contributed by atoms with Crippen LogP contribution in [0.3, 0.4) is 0 Å². The molecule has 1 saturated heterocycles. The van der Waals surface area contributed by atoms with E-state index in [2.05, 4.69) is 0 Å². The van der Waals surface area contributed by atoms with E-state index >= 15 is 0 Å². The average molecular weight is 244 g/mol. The Morgan fingerprint density at radius 3 is 2.88 bits per heavy atom. The molecule has 86 valence electrons. The molecule has 1 aliphatic heterocycles. The van der Waals surface area contributed by atoms with E-state index in [0.717, 1.165) is 12.8 Å². The van der Waals surface area contributed by atoms with E-state index in [-0.39, 0.29) is 10.6 Å². The Balaban J connectivity index is 2.26. The van der Waals surface area contributed by atoms with Gasteiger partial charge in [0.05, 0.1) is 17.2 Å². The summed E-state index contributed by atoms with van der Waals surface area (Å²) in [6.45, 7) is 0.960. The van der Waals surface area contributed by atoms with Gasteiger partial charge in [-0.25, -0.2) is 9.45 Å². The maximum Gasteiger partial charge on any atom is 0.281 e. The highest BCUT2D eigenvalue weighted by atomic mass is 35.5. The van der Waals surface area contributed by atoms with Crippen molar-refractivity contribution < 1.29 is 14.0 Å². The minimum Gasteiger partial charge on any atom is -0.271 e. The van der Waals surface area contributed by atoms with E-state index in [1.807, 2.05) is 0 Å². The molecule has 1 fully saturated rings. The van der Waals surface area contributed by atoms with E-state index in [0.29, 0.717) is 13.2 Å². The number of hydroxylamine groups is 2. The van der Waals surface area contributed by atoms with Gasteiger partial charge in [0, 0.05) is 6.54 Å². The second-order valence-electron chi connectivity index (χ2n) is 3.54. The third-order valence-electron chi connectivity index (χ3n) is 2.41. The Hall–Kier alpha value is -1.13. The highest BCUT2D eigenvalue weighted by molar-refractivity contribution is 6.33. The molecule has 0 unspecified atom stereocenters. The predicted octanol–water partition coefficient (Wildman–Crippen LogP) is 2.65. The van der Waals surface area contributed by atoms with Crippen LogP contribution >= 0.6 is 11.6 Å². The van der Waals surface area contributed by atoms with Crippen molar-refractivity contribution in [3.05, 3.63) is 34.6 Å². The lowest BCUT2D eigenvalue weighted by molar-refractivity contribution is -0.144. The van der Waals surface area contributed by atoms with E-state index in [1.54, 1.807) is 0 Å². The summed E-state index contributed by atoms with van der Waals surface area (Å²) in [5, 5.41) is 1.28. The lowest BCUT2D eigenvalue weighted by atomic mass is 10.2. The first-order valence-corrected chi connectivity index (χ1v) is 5.47. The van der Waals surface area contributed by atoms with Gasteiger partial charge >= 0.3 is 0 Å². The van der Waals surface area contributed by atoms with E-state index in [1.165, 1.54) is 23.3 Å². The van der Waals surface area contributed by atoms with Crippen LogP contribution in [0.4, 0.5) is 4.39 Å². The molecule has 0 atom stereocenters. The van der Waals surface area contributed by atoms with Crippen molar-refractivity contribution in [2.45, 2.75) is 12.8 Å². The third-order valence-corrected chi connectivity index (χ3v) is 2.72. The highest BCUT2D eigenvalue weighted by Crippen LogP contribution is 2.22. The first-order chi connectivity index (χ1) is 7.70. The standard InChI is InChI=1S/C11H11ClFNO2/c12-8-4-3-5-9(13)10(8)11(15)14-6-1-2-7-16-14/h3-5H,1-2,6-7H2. The molecule has 0 saturated carbocycles. The van der Waals surface area contributed by atoms with Crippen LogP contribution in [-0.2, 0) is 4.84 Å². The Kier molecular flexibility index (Phi) is 3.41. The summed E-state index contributed by atoms with van der Waals surface area (Å²) < 4.78 is 13.5. The van der Waals surface area contributed by atoms with Gasteiger partial charge in [0.25, 0.3) is 5.91 Å². The third kappa shape index (κ3) is 2.18. The average Bonchev–Trinajstić information content (AvgIpc) is 2.30. The zero-order chi connectivity index (χ0) is 11.5. The number of hydrogen-bond donors (Lipinski definition) is 0. The molecule has 1 heterocycles. The molecule has 5 heteroatoms. The molecule has 1 aliphatic rings. The molecule has 16 heavy (non-hydrogen) atoms. The normalized spacial score (nSPS) is 16.2. The molecule has 0 aliphatic carbocycles. The monoisotopic (exact) mass is 243 g/mol. The smallest absolute Gasteiger partial charge is 0.271 e. The Labute approximate surface area is 97.7 Å². The minimum atomic E-state index is -0.619. The summed E-state index contributed by atoms with van der Waals surface area (Å²) in [4.78, 5) is 17.1. The number of carbonyl (C=O) groups is 1. The number of amides is 1. The van der Waals surface area contributed by atoms with Gasteiger partial charge in [0.1, 0.15) is 5.82 Å².